The van der Waals surface area contributed by atoms with E-state index >= 15 is 0 Å². The zero-order chi connectivity index (χ0) is 33.2. The number of esters is 1. The fraction of sp³-hybridized carbons (Fsp3) is 0.694. The van der Waals surface area contributed by atoms with Crippen LogP contribution in [0.4, 0.5) is 5.69 Å². The minimum Gasteiger partial charge on any atom is -0.505 e. The number of aliphatic hydroxyl groups is 2. The predicted molar refractivity (Wildman–Crippen MR) is 173 cm³/mol. The molecule has 0 radical (unpaired) electrons. The number of amides is 1. The molecule has 5 rings (SSSR count). The minimum atomic E-state index is -0.983. The number of ketones is 1. The van der Waals surface area contributed by atoms with E-state index in [1.807, 2.05) is 0 Å². The molecule has 0 bridgehead atoms. The van der Waals surface area contributed by atoms with Crippen LogP contribution >= 0.6 is 0 Å². The Labute approximate surface area is 271 Å². The smallest absolute Gasteiger partial charge is 0.311 e. The number of aromatic hydroxyl groups is 1. The molecule has 10 heteroatoms. The number of nitrogens with two attached hydrogens (primary N) is 2. The van der Waals surface area contributed by atoms with Crippen LogP contribution in [0.25, 0.3) is 0 Å². The summed E-state index contributed by atoms with van der Waals surface area (Å²) in [5, 5.41) is 30.6. The van der Waals surface area contributed by atoms with Crippen LogP contribution in [-0.4, -0.2) is 57.9 Å². The lowest BCUT2D eigenvalue weighted by molar-refractivity contribution is -0.135. The molecule has 7 N–H and O–H groups in total. The Morgan fingerprint density at radius 1 is 1.02 bits per heavy atom. The van der Waals surface area contributed by atoms with Gasteiger partial charge >= 0.3 is 5.97 Å². The lowest BCUT2D eigenvalue weighted by Gasteiger charge is -2.57. The average Bonchev–Trinajstić information content (AvgIpc) is 3.34. The van der Waals surface area contributed by atoms with Crippen LogP contribution in [0.15, 0.2) is 23.8 Å². The third-order valence-electron chi connectivity index (χ3n) is 12.0. The van der Waals surface area contributed by atoms with Gasteiger partial charge in [-0.3, -0.25) is 14.4 Å². The van der Waals surface area contributed by atoms with Crippen molar-refractivity contribution in [2.75, 3.05) is 12.3 Å². The quantitative estimate of drug-likeness (QED) is 0.0654. The van der Waals surface area contributed by atoms with Crippen molar-refractivity contribution in [3.05, 3.63) is 29.3 Å². The number of fused-ring (bicyclic) bond motifs is 5. The molecule has 4 aliphatic carbocycles. The molecule has 1 aromatic rings. The summed E-state index contributed by atoms with van der Waals surface area (Å²) in [6.07, 6.45) is 11.8. The standard InChI is InChI=1S/C36H52N2O8/c1-35-17-14-24(41)20-21(35)6-8-25-26-9-12-30(36(26,2)18-15-27(25)35)45-19-16-23(40)5-3-4-22(39)7-13-31(42)46-29-11-10-28(37)33(43)32(29)34(38)44/h6,10-11,22,24-27,30,39,41,43H,3-5,7-9,12-20,37H2,1-2H3,(H2,38,44)/t22?,24-,25?,26?,27?,30-,35-,36-/m1/s1. The van der Waals surface area contributed by atoms with E-state index in [0.717, 1.165) is 38.5 Å². The maximum Gasteiger partial charge on any atom is 0.311 e. The highest BCUT2D eigenvalue weighted by Gasteiger charge is 2.59. The van der Waals surface area contributed by atoms with Gasteiger partial charge in [0, 0.05) is 19.3 Å². The maximum absolute atomic E-state index is 12.6. The zero-order valence-corrected chi connectivity index (χ0v) is 27.3. The highest BCUT2D eigenvalue weighted by atomic mass is 16.5. The molecule has 4 aliphatic rings. The van der Waals surface area contributed by atoms with Gasteiger partial charge in [-0.1, -0.05) is 25.5 Å². The van der Waals surface area contributed by atoms with E-state index in [2.05, 4.69) is 19.9 Å². The number of nitrogen functional groups attached to an aromatic ring is 1. The second-order valence-corrected chi connectivity index (χ2v) is 14.7. The summed E-state index contributed by atoms with van der Waals surface area (Å²) >= 11 is 0. The number of hydrogen-bond donors (Lipinski definition) is 5. The van der Waals surface area contributed by atoms with Crippen LogP contribution in [0.1, 0.15) is 114 Å². The van der Waals surface area contributed by atoms with Crippen molar-refractivity contribution in [2.24, 2.45) is 34.3 Å². The van der Waals surface area contributed by atoms with E-state index in [0.29, 0.717) is 50.0 Å². The topological polar surface area (TPSA) is 182 Å². The number of ether oxygens (including phenoxy) is 2. The molecule has 4 unspecified atom stereocenters. The molecule has 0 aliphatic heterocycles. The van der Waals surface area contributed by atoms with Crippen LogP contribution in [0.2, 0.25) is 0 Å². The Morgan fingerprint density at radius 2 is 1.80 bits per heavy atom. The number of carbonyl (C=O) groups is 3. The summed E-state index contributed by atoms with van der Waals surface area (Å²) < 4.78 is 11.6. The van der Waals surface area contributed by atoms with Crippen molar-refractivity contribution in [3.8, 4) is 11.5 Å². The fourth-order valence-electron chi connectivity index (χ4n) is 9.36. The maximum atomic E-state index is 12.6. The van der Waals surface area contributed by atoms with Crippen LogP contribution < -0.4 is 16.2 Å². The van der Waals surface area contributed by atoms with Gasteiger partial charge < -0.3 is 36.3 Å². The number of hydrogen-bond acceptors (Lipinski definition) is 9. The molecule has 0 aromatic heterocycles. The third-order valence-corrected chi connectivity index (χ3v) is 12.0. The molecule has 3 saturated carbocycles. The monoisotopic (exact) mass is 640 g/mol. The molecule has 1 aromatic carbocycles. The summed E-state index contributed by atoms with van der Waals surface area (Å²) in [6.45, 7) is 5.28. The van der Waals surface area contributed by atoms with E-state index in [1.54, 1.807) is 0 Å². The fourth-order valence-corrected chi connectivity index (χ4v) is 9.36. The molecule has 8 atom stereocenters. The molecule has 254 valence electrons. The summed E-state index contributed by atoms with van der Waals surface area (Å²) in [5.41, 5.74) is 12.3. The van der Waals surface area contributed by atoms with E-state index in [1.165, 1.54) is 30.5 Å². The van der Waals surface area contributed by atoms with E-state index in [4.69, 9.17) is 20.9 Å². The number of benzene rings is 1. The van der Waals surface area contributed by atoms with E-state index in [9.17, 15) is 29.7 Å². The molecule has 0 saturated heterocycles. The Morgan fingerprint density at radius 3 is 2.57 bits per heavy atom. The van der Waals surface area contributed by atoms with E-state index in [-0.39, 0.29) is 58.7 Å². The first-order valence-electron chi connectivity index (χ1n) is 17.1. The molecule has 10 nitrogen and oxygen atoms in total. The van der Waals surface area contributed by atoms with Crippen molar-refractivity contribution in [1.29, 1.82) is 0 Å². The van der Waals surface area contributed by atoms with Gasteiger partial charge in [0.05, 0.1) is 30.6 Å². The van der Waals surface area contributed by atoms with Crippen molar-refractivity contribution >= 4 is 23.3 Å². The van der Waals surface area contributed by atoms with Gasteiger partial charge in [-0.05, 0) is 111 Å². The molecule has 0 spiro atoms. The van der Waals surface area contributed by atoms with Crippen LogP contribution in [0, 0.1) is 28.6 Å². The second kappa shape index (κ2) is 14.0. The van der Waals surface area contributed by atoms with Crippen LogP contribution in [0.3, 0.4) is 0 Å². The van der Waals surface area contributed by atoms with Crippen molar-refractivity contribution in [3.63, 3.8) is 0 Å². The van der Waals surface area contributed by atoms with Gasteiger partial charge in [-0.15, -0.1) is 0 Å². The molecule has 0 heterocycles. The second-order valence-electron chi connectivity index (χ2n) is 14.7. The minimum absolute atomic E-state index is 0.0683. The number of aliphatic hydroxyl groups excluding tert-OH is 2. The average molecular weight is 641 g/mol. The number of anilines is 1. The van der Waals surface area contributed by atoms with Crippen LogP contribution in [-0.2, 0) is 14.3 Å². The van der Waals surface area contributed by atoms with E-state index < -0.39 is 23.7 Å². The molecule has 1 amide bonds. The Bertz CT molecular complexity index is 1350. The molecular weight excluding hydrogens is 588 g/mol. The number of carbonyl (C=O) groups excluding carboxylic acids is 3. The summed E-state index contributed by atoms with van der Waals surface area (Å²) in [4.78, 5) is 36.6. The van der Waals surface area contributed by atoms with Crippen molar-refractivity contribution in [2.45, 2.75) is 122 Å². The van der Waals surface area contributed by atoms with Crippen LogP contribution in [0.5, 0.6) is 11.5 Å². The first kappa shape index (κ1) is 34.4. The number of primary amides is 1. The largest absolute Gasteiger partial charge is 0.505 e. The Hall–Kier alpha value is -2.95. The molecule has 3 fully saturated rings. The first-order chi connectivity index (χ1) is 21.8. The zero-order valence-electron chi connectivity index (χ0n) is 27.3. The summed E-state index contributed by atoms with van der Waals surface area (Å²) in [7, 11) is 0. The lowest BCUT2D eigenvalue weighted by Crippen LogP contribution is -2.51. The number of allylic oxidation sites excluding steroid dienone is 1. The molecule has 46 heavy (non-hydrogen) atoms. The highest BCUT2D eigenvalue weighted by molar-refractivity contribution is 6.00. The van der Waals surface area contributed by atoms with Crippen molar-refractivity contribution in [1.82, 2.24) is 0 Å². The predicted octanol–water partition coefficient (Wildman–Crippen LogP) is 4.96. The van der Waals surface area contributed by atoms with Gasteiger partial charge in [0.1, 0.15) is 17.1 Å². The Kier molecular flexibility index (Phi) is 10.5. The normalized spacial score (nSPS) is 32.4. The van der Waals surface area contributed by atoms with Gasteiger partial charge in [-0.2, -0.15) is 0 Å². The number of phenols is 1. The molecular formula is C36H52N2O8. The lowest BCUT2D eigenvalue weighted by atomic mass is 9.48. The third kappa shape index (κ3) is 6.99. The van der Waals surface area contributed by atoms with Gasteiger partial charge in [-0.25, -0.2) is 0 Å². The summed E-state index contributed by atoms with van der Waals surface area (Å²) in [5.74, 6) is -0.316. The Balaban J connectivity index is 1.00. The van der Waals surface area contributed by atoms with Crippen molar-refractivity contribution < 1.29 is 39.2 Å². The first-order valence-corrected chi connectivity index (χ1v) is 17.1. The van der Waals surface area contributed by atoms with Gasteiger partial charge in [0.25, 0.3) is 5.91 Å². The highest BCUT2D eigenvalue weighted by Crippen LogP contribution is 2.65. The number of rotatable bonds is 13. The summed E-state index contributed by atoms with van der Waals surface area (Å²) in [6, 6.07) is 2.58. The SMILES string of the molecule is C[C@@]12CC[C@@H](O)CC1=CCC1C2CC[C@]2(C)C1CC[C@H]2OCCC(=O)CCCC(O)CCC(=O)Oc1ccc(N)c(O)c1C(N)=O. The van der Waals surface area contributed by atoms with Gasteiger partial charge in [0.2, 0.25) is 0 Å². The number of Topliss-reactive ketones (excluding diaryl/α,β-unsaturated/α-hetero) is 1. The van der Waals surface area contributed by atoms with Gasteiger partial charge in [0.15, 0.2) is 5.75 Å².